The van der Waals surface area contributed by atoms with Crippen LogP contribution in [0.4, 0.5) is 13.2 Å². The van der Waals surface area contributed by atoms with Crippen molar-refractivity contribution < 1.29 is 18.0 Å². The molecule has 0 radical (unpaired) electrons. The molecule has 0 saturated heterocycles. The third kappa shape index (κ3) is 4.02. The number of carbonyl (C=O) groups excluding carboxylic acids is 1. The Balaban J connectivity index is 3.13. The van der Waals surface area contributed by atoms with E-state index in [1.165, 1.54) is 0 Å². The van der Waals surface area contributed by atoms with Gasteiger partial charge >= 0.3 is 6.18 Å². The van der Waals surface area contributed by atoms with E-state index >= 15 is 0 Å². The first-order valence-electron chi connectivity index (χ1n) is 5.41. The highest BCUT2D eigenvalue weighted by molar-refractivity contribution is 6.34. The molecule has 1 aromatic carbocycles. The molecule has 0 heterocycles. The van der Waals surface area contributed by atoms with Crippen LogP contribution in [-0.4, -0.2) is 5.78 Å². The minimum Gasteiger partial charge on any atom is -0.294 e. The maximum absolute atomic E-state index is 12.5. The summed E-state index contributed by atoms with van der Waals surface area (Å²) in [6.45, 7) is 5.52. The first-order chi connectivity index (χ1) is 8.00. The Morgan fingerprint density at radius 1 is 1.22 bits per heavy atom. The molecule has 0 aliphatic heterocycles. The van der Waals surface area contributed by atoms with Crippen LogP contribution >= 0.6 is 11.6 Å². The lowest BCUT2D eigenvalue weighted by Crippen LogP contribution is -2.14. The van der Waals surface area contributed by atoms with Crippen LogP contribution in [0, 0.1) is 5.41 Å². The minimum absolute atomic E-state index is 0.0530. The molecule has 0 aliphatic carbocycles. The van der Waals surface area contributed by atoms with E-state index in [4.69, 9.17) is 11.6 Å². The van der Waals surface area contributed by atoms with E-state index in [-0.39, 0.29) is 28.2 Å². The lowest BCUT2D eigenvalue weighted by Gasteiger charge is -2.17. The molecular formula is C13H14ClF3O. The van der Waals surface area contributed by atoms with Gasteiger partial charge in [0.1, 0.15) is 0 Å². The molecule has 5 heteroatoms. The molecule has 0 bridgehead atoms. The third-order valence-electron chi connectivity index (χ3n) is 2.28. The lowest BCUT2D eigenvalue weighted by atomic mass is 9.87. The zero-order chi connectivity index (χ0) is 14.1. The number of Topliss-reactive ketones (excluding diaryl/α,β-unsaturated/α-hetero) is 1. The Morgan fingerprint density at radius 2 is 1.78 bits per heavy atom. The van der Waals surface area contributed by atoms with Crippen molar-refractivity contribution in [2.24, 2.45) is 5.41 Å². The van der Waals surface area contributed by atoms with Crippen LogP contribution in [0.3, 0.4) is 0 Å². The second-order valence-corrected chi connectivity index (χ2v) is 5.76. The monoisotopic (exact) mass is 278 g/mol. The van der Waals surface area contributed by atoms with Crippen molar-refractivity contribution in [2.45, 2.75) is 33.4 Å². The van der Waals surface area contributed by atoms with E-state index in [1.807, 2.05) is 20.8 Å². The summed E-state index contributed by atoms with van der Waals surface area (Å²) in [5, 5.41) is 0.0530. The number of benzene rings is 1. The van der Waals surface area contributed by atoms with Gasteiger partial charge in [-0.15, -0.1) is 0 Å². The van der Waals surface area contributed by atoms with Crippen LogP contribution in [0.15, 0.2) is 18.2 Å². The fourth-order valence-corrected chi connectivity index (χ4v) is 1.72. The second-order valence-electron chi connectivity index (χ2n) is 5.35. The van der Waals surface area contributed by atoms with Crippen molar-refractivity contribution in [3.05, 3.63) is 34.3 Å². The van der Waals surface area contributed by atoms with Gasteiger partial charge in [-0.3, -0.25) is 4.79 Å². The highest BCUT2D eigenvalue weighted by Gasteiger charge is 2.32. The van der Waals surface area contributed by atoms with Gasteiger partial charge in [-0.05, 0) is 23.6 Å². The van der Waals surface area contributed by atoms with Gasteiger partial charge in [0.05, 0.1) is 10.6 Å². The minimum atomic E-state index is -4.47. The Bertz CT molecular complexity index is 458. The summed E-state index contributed by atoms with van der Waals surface area (Å²) in [6.07, 6.45) is -4.32. The zero-order valence-electron chi connectivity index (χ0n) is 10.4. The Hall–Kier alpha value is -1.03. The van der Waals surface area contributed by atoms with Gasteiger partial charge in [0.2, 0.25) is 0 Å². The van der Waals surface area contributed by atoms with E-state index in [0.29, 0.717) is 0 Å². The molecule has 0 spiro atoms. The number of rotatable bonds is 2. The third-order valence-corrected chi connectivity index (χ3v) is 2.61. The number of carbonyl (C=O) groups is 1. The quantitative estimate of drug-likeness (QED) is 0.698. The number of hydrogen-bond acceptors (Lipinski definition) is 1. The molecule has 0 fully saturated rings. The van der Waals surface area contributed by atoms with E-state index in [9.17, 15) is 18.0 Å². The Kier molecular flexibility index (Phi) is 4.11. The summed E-state index contributed by atoms with van der Waals surface area (Å²) in [7, 11) is 0. The standard InChI is InChI=1S/C13H14ClF3O/c1-12(2,3)7-11(18)9-6-8(13(15,16)17)4-5-10(9)14/h4-6H,7H2,1-3H3. The number of ketones is 1. The van der Waals surface area contributed by atoms with Gasteiger partial charge in [0.25, 0.3) is 0 Å². The van der Waals surface area contributed by atoms with Crippen molar-refractivity contribution in [3.63, 3.8) is 0 Å². The maximum Gasteiger partial charge on any atom is 0.416 e. The summed E-state index contributed by atoms with van der Waals surface area (Å²) in [4.78, 5) is 11.9. The smallest absolute Gasteiger partial charge is 0.294 e. The van der Waals surface area contributed by atoms with Crippen LogP contribution in [0.2, 0.25) is 5.02 Å². The molecule has 1 rings (SSSR count). The summed E-state index contributed by atoms with van der Waals surface area (Å²) >= 11 is 5.78. The SMILES string of the molecule is CC(C)(C)CC(=O)c1cc(C(F)(F)F)ccc1Cl. The van der Waals surface area contributed by atoms with E-state index in [1.54, 1.807) is 0 Å². The number of hydrogen-bond donors (Lipinski definition) is 0. The summed E-state index contributed by atoms with van der Waals surface area (Å²) < 4.78 is 37.6. The van der Waals surface area contributed by atoms with E-state index < -0.39 is 11.7 Å². The summed E-state index contributed by atoms with van der Waals surface area (Å²) in [5.41, 5.74) is -1.22. The topological polar surface area (TPSA) is 17.1 Å². The van der Waals surface area contributed by atoms with Crippen LogP contribution in [0.5, 0.6) is 0 Å². The van der Waals surface area contributed by atoms with Crippen LogP contribution in [-0.2, 0) is 6.18 Å². The van der Waals surface area contributed by atoms with Crippen molar-refractivity contribution >= 4 is 17.4 Å². The number of alkyl halides is 3. The van der Waals surface area contributed by atoms with Crippen molar-refractivity contribution in [3.8, 4) is 0 Å². The molecule has 1 aromatic rings. The summed E-state index contributed by atoms with van der Waals surface area (Å²) in [5.74, 6) is -0.376. The molecule has 0 N–H and O–H groups in total. The number of halogens is 4. The molecule has 18 heavy (non-hydrogen) atoms. The lowest BCUT2D eigenvalue weighted by molar-refractivity contribution is -0.137. The first kappa shape index (κ1) is 15.0. The molecule has 0 amide bonds. The van der Waals surface area contributed by atoms with Crippen LogP contribution < -0.4 is 0 Å². The largest absolute Gasteiger partial charge is 0.416 e. The van der Waals surface area contributed by atoms with E-state index in [2.05, 4.69) is 0 Å². The highest BCUT2D eigenvalue weighted by atomic mass is 35.5. The predicted octanol–water partition coefficient (Wildman–Crippen LogP) is 4.98. The molecule has 0 saturated carbocycles. The van der Waals surface area contributed by atoms with Crippen LogP contribution in [0.25, 0.3) is 0 Å². The molecule has 0 atom stereocenters. The Labute approximate surface area is 109 Å². The normalized spacial score (nSPS) is 12.6. The van der Waals surface area contributed by atoms with Crippen LogP contribution in [0.1, 0.15) is 43.1 Å². The van der Waals surface area contributed by atoms with Crippen molar-refractivity contribution in [1.82, 2.24) is 0 Å². The van der Waals surface area contributed by atoms with Gasteiger partial charge in [0.15, 0.2) is 5.78 Å². The van der Waals surface area contributed by atoms with Gasteiger partial charge in [-0.2, -0.15) is 13.2 Å². The maximum atomic E-state index is 12.5. The Morgan fingerprint density at radius 3 is 2.22 bits per heavy atom. The summed E-state index contributed by atoms with van der Waals surface area (Å²) in [6, 6.07) is 2.80. The fourth-order valence-electron chi connectivity index (χ4n) is 1.49. The molecule has 0 unspecified atom stereocenters. The molecule has 100 valence electrons. The van der Waals surface area contributed by atoms with Gasteiger partial charge in [-0.1, -0.05) is 32.4 Å². The predicted molar refractivity (Wildman–Crippen MR) is 64.9 cm³/mol. The molecule has 0 aromatic heterocycles. The fraction of sp³-hybridized carbons (Fsp3) is 0.462. The van der Waals surface area contributed by atoms with Gasteiger partial charge in [-0.25, -0.2) is 0 Å². The molecular weight excluding hydrogens is 265 g/mol. The van der Waals surface area contributed by atoms with Gasteiger partial charge < -0.3 is 0 Å². The van der Waals surface area contributed by atoms with Gasteiger partial charge in [0, 0.05) is 12.0 Å². The molecule has 1 nitrogen and oxygen atoms in total. The molecule has 0 aliphatic rings. The first-order valence-corrected chi connectivity index (χ1v) is 5.78. The van der Waals surface area contributed by atoms with Crippen molar-refractivity contribution in [2.75, 3.05) is 0 Å². The average molecular weight is 279 g/mol. The second kappa shape index (κ2) is 4.92. The highest BCUT2D eigenvalue weighted by Crippen LogP contribution is 2.33. The van der Waals surface area contributed by atoms with Crippen molar-refractivity contribution in [1.29, 1.82) is 0 Å². The zero-order valence-corrected chi connectivity index (χ0v) is 11.1. The van der Waals surface area contributed by atoms with E-state index in [0.717, 1.165) is 18.2 Å². The average Bonchev–Trinajstić information content (AvgIpc) is 2.13.